The number of halogens is 3. The molecule has 0 aromatic heterocycles. The Morgan fingerprint density at radius 3 is 2.00 bits per heavy atom. The van der Waals surface area contributed by atoms with Crippen LogP contribution < -0.4 is 4.72 Å². The van der Waals surface area contributed by atoms with Crippen LogP contribution in [0.4, 0.5) is 13.2 Å². The number of carbonyl (C=O) groups is 1. The van der Waals surface area contributed by atoms with Crippen molar-refractivity contribution in [2.24, 2.45) is 11.8 Å². The average Bonchev–Trinajstić information content (AvgIpc) is 2.34. The first-order valence-corrected chi connectivity index (χ1v) is 8.28. The van der Waals surface area contributed by atoms with Gasteiger partial charge in [-0.25, -0.2) is 8.93 Å². The third-order valence-corrected chi connectivity index (χ3v) is 4.68. The maximum Gasteiger partial charge on any atom is 0.405 e. The zero-order chi connectivity index (χ0) is 17.7. The summed E-state index contributed by atoms with van der Waals surface area (Å²) in [4.78, 5) is 11.8. The predicted molar refractivity (Wildman–Crippen MR) is 80.5 cm³/mol. The highest BCUT2D eigenvalue weighted by atomic mass is 32.2. The molecule has 1 N–H and O–H groups in total. The standard InChI is InChI=1S/C14H26F3NO3S/c1-9(2)7-8-10(12(19)21-6)11(14(15,16)17)18-22(20)13(3,4)5/h9-11,18H,7-8H2,1-6H3/t10-,11-,22-/m0/s1. The minimum Gasteiger partial charge on any atom is -0.469 e. The summed E-state index contributed by atoms with van der Waals surface area (Å²) in [5.41, 5.74) is 0. The maximum absolute atomic E-state index is 13.3. The van der Waals surface area contributed by atoms with E-state index in [2.05, 4.69) is 9.46 Å². The number of hydrogen-bond donors (Lipinski definition) is 1. The fraction of sp³-hybridized carbons (Fsp3) is 0.929. The van der Waals surface area contributed by atoms with Gasteiger partial charge in [-0.2, -0.15) is 13.2 Å². The summed E-state index contributed by atoms with van der Waals surface area (Å²) >= 11 is 0. The molecule has 4 nitrogen and oxygen atoms in total. The average molecular weight is 345 g/mol. The summed E-state index contributed by atoms with van der Waals surface area (Å²) in [5.74, 6) is -2.21. The predicted octanol–water partition coefficient (Wildman–Crippen LogP) is 3.19. The molecule has 0 aromatic rings. The number of rotatable bonds is 7. The largest absolute Gasteiger partial charge is 0.469 e. The molecule has 0 aromatic carbocycles. The van der Waals surface area contributed by atoms with Crippen molar-refractivity contribution in [3.05, 3.63) is 0 Å². The molecule has 3 atom stereocenters. The van der Waals surface area contributed by atoms with Crippen LogP contribution in [0, 0.1) is 11.8 Å². The molecule has 0 heterocycles. The third-order valence-electron chi connectivity index (χ3n) is 3.10. The first-order chi connectivity index (χ1) is 9.80. The van der Waals surface area contributed by atoms with Crippen molar-refractivity contribution in [1.29, 1.82) is 0 Å². The summed E-state index contributed by atoms with van der Waals surface area (Å²) in [6.07, 6.45) is -4.24. The lowest BCUT2D eigenvalue weighted by atomic mass is 9.91. The fourth-order valence-electron chi connectivity index (χ4n) is 1.75. The summed E-state index contributed by atoms with van der Waals surface area (Å²) < 4.78 is 57.7. The Hall–Kier alpha value is -0.630. The quantitative estimate of drug-likeness (QED) is 0.721. The molecule has 0 spiro atoms. The Labute approximate surface area is 132 Å². The molecule has 0 saturated carbocycles. The normalized spacial score (nSPS) is 17.2. The molecule has 132 valence electrons. The van der Waals surface area contributed by atoms with Crippen LogP contribution in [-0.2, 0) is 20.5 Å². The lowest BCUT2D eigenvalue weighted by molar-refractivity contribution is -0.178. The van der Waals surface area contributed by atoms with Crippen molar-refractivity contribution in [3.8, 4) is 0 Å². The van der Waals surface area contributed by atoms with Crippen LogP contribution in [-0.4, -0.2) is 34.3 Å². The molecule has 0 unspecified atom stereocenters. The molecular formula is C14H26F3NO3S. The van der Waals surface area contributed by atoms with Gasteiger partial charge in [-0.15, -0.1) is 0 Å². The molecule has 0 aliphatic rings. The number of nitrogens with one attached hydrogen (secondary N) is 1. The van der Waals surface area contributed by atoms with Gasteiger partial charge in [-0.1, -0.05) is 20.3 Å². The van der Waals surface area contributed by atoms with E-state index in [0.29, 0.717) is 6.42 Å². The van der Waals surface area contributed by atoms with Crippen LogP contribution in [0.25, 0.3) is 0 Å². The van der Waals surface area contributed by atoms with Gasteiger partial charge in [0.25, 0.3) is 0 Å². The van der Waals surface area contributed by atoms with E-state index in [-0.39, 0.29) is 12.3 Å². The number of carbonyl (C=O) groups excluding carboxylic acids is 1. The minimum absolute atomic E-state index is 0.0167. The SMILES string of the molecule is COC(=O)[C@@H](CCC(C)C)[C@H](N[S@@](=O)C(C)(C)C)C(F)(F)F. The van der Waals surface area contributed by atoms with E-state index in [1.54, 1.807) is 20.8 Å². The number of alkyl halides is 3. The van der Waals surface area contributed by atoms with Gasteiger partial charge in [0, 0.05) is 0 Å². The highest BCUT2D eigenvalue weighted by molar-refractivity contribution is 7.84. The first kappa shape index (κ1) is 21.4. The van der Waals surface area contributed by atoms with Crippen molar-refractivity contribution < 1.29 is 26.9 Å². The molecule has 0 aliphatic carbocycles. The summed E-state index contributed by atoms with van der Waals surface area (Å²) in [6.45, 7) is 8.40. The van der Waals surface area contributed by atoms with Crippen molar-refractivity contribution in [2.45, 2.75) is 64.4 Å². The van der Waals surface area contributed by atoms with Crippen LogP contribution in [0.2, 0.25) is 0 Å². The van der Waals surface area contributed by atoms with Gasteiger partial charge in [-0.3, -0.25) is 4.79 Å². The molecular weight excluding hydrogens is 319 g/mol. The van der Waals surface area contributed by atoms with E-state index in [4.69, 9.17) is 0 Å². The van der Waals surface area contributed by atoms with E-state index >= 15 is 0 Å². The smallest absolute Gasteiger partial charge is 0.405 e. The van der Waals surface area contributed by atoms with Gasteiger partial charge in [0.15, 0.2) is 0 Å². The molecule has 0 radical (unpaired) electrons. The zero-order valence-corrected chi connectivity index (χ0v) is 14.7. The van der Waals surface area contributed by atoms with E-state index in [1.165, 1.54) is 0 Å². The molecule has 0 amide bonds. The Balaban J connectivity index is 5.40. The number of methoxy groups -OCH3 is 1. The summed E-state index contributed by atoms with van der Waals surface area (Å²) in [6, 6.07) is -2.20. The highest BCUT2D eigenvalue weighted by Gasteiger charge is 2.49. The zero-order valence-electron chi connectivity index (χ0n) is 13.9. The Morgan fingerprint density at radius 1 is 1.18 bits per heavy atom. The van der Waals surface area contributed by atoms with Crippen LogP contribution in [0.1, 0.15) is 47.5 Å². The van der Waals surface area contributed by atoms with Gasteiger partial charge >= 0.3 is 12.1 Å². The van der Waals surface area contributed by atoms with E-state index in [0.717, 1.165) is 7.11 Å². The molecule has 0 rings (SSSR count). The monoisotopic (exact) mass is 345 g/mol. The minimum atomic E-state index is -4.70. The van der Waals surface area contributed by atoms with Crippen LogP contribution in [0.5, 0.6) is 0 Å². The second-order valence-electron chi connectivity index (χ2n) is 6.62. The Kier molecular flexibility index (Phi) is 8.05. The van der Waals surface area contributed by atoms with Gasteiger partial charge in [0.1, 0.15) is 6.04 Å². The highest BCUT2D eigenvalue weighted by Crippen LogP contribution is 2.31. The number of ether oxygens (including phenoxy) is 1. The van der Waals surface area contributed by atoms with E-state index in [1.807, 2.05) is 13.8 Å². The topological polar surface area (TPSA) is 55.4 Å². The van der Waals surface area contributed by atoms with E-state index in [9.17, 15) is 22.2 Å². The van der Waals surface area contributed by atoms with Crippen molar-refractivity contribution in [1.82, 2.24) is 4.72 Å². The molecule has 0 saturated heterocycles. The molecule has 0 aliphatic heterocycles. The van der Waals surface area contributed by atoms with Gasteiger partial charge < -0.3 is 4.74 Å². The van der Waals surface area contributed by atoms with Gasteiger partial charge in [0.2, 0.25) is 0 Å². The second kappa shape index (κ2) is 8.29. The van der Waals surface area contributed by atoms with Crippen molar-refractivity contribution in [3.63, 3.8) is 0 Å². The maximum atomic E-state index is 13.3. The number of hydrogen-bond acceptors (Lipinski definition) is 3. The molecule has 8 heteroatoms. The van der Waals surface area contributed by atoms with E-state index < -0.39 is 39.8 Å². The van der Waals surface area contributed by atoms with Crippen molar-refractivity contribution >= 4 is 17.0 Å². The van der Waals surface area contributed by atoms with Crippen LogP contribution >= 0.6 is 0 Å². The molecule has 0 bridgehead atoms. The lowest BCUT2D eigenvalue weighted by Crippen LogP contribution is -2.53. The summed E-state index contributed by atoms with van der Waals surface area (Å²) in [7, 11) is -0.891. The van der Waals surface area contributed by atoms with Crippen molar-refractivity contribution in [2.75, 3.05) is 7.11 Å². The third kappa shape index (κ3) is 7.09. The van der Waals surface area contributed by atoms with Gasteiger partial charge in [-0.05, 0) is 33.1 Å². The Bertz CT molecular complexity index is 392. The first-order valence-electron chi connectivity index (χ1n) is 7.13. The molecule has 22 heavy (non-hydrogen) atoms. The second-order valence-corrected chi connectivity index (χ2v) is 8.62. The fourth-order valence-corrected chi connectivity index (χ4v) is 2.64. The summed E-state index contributed by atoms with van der Waals surface area (Å²) in [5, 5.41) is 0. The number of esters is 1. The molecule has 0 fully saturated rings. The lowest BCUT2D eigenvalue weighted by Gasteiger charge is -2.30. The Morgan fingerprint density at radius 2 is 1.68 bits per heavy atom. The van der Waals surface area contributed by atoms with Gasteiger partial charge in [0.05, 0.1) is 28.8 Å². The van der Waals surface area contributed by atoms with Crippen LogP contribution in [0.3, 0.4) is 0 Å². The van der Waals surface area contributed by atoms with Crippen LogP contribution in [0.15, 0.2) is 0 Å².